The predicted molar refractivity (Wildman–Crippen MR) is 72.3 cm³/mol. The summed E-state index contributed by atoms with van der Waals surface area (Å²) in [5.41, 5.74) is 0. The van der Waals surface area contributed by atoms with Gasteiger partial charge in [-0.05, 0) is 59.9 Å². The zero-order valence-corrected chi connectivity index (χ0v) is 11.7. The van der Waals surface area contributed by atoms with Crippen LogP contribution >= 0.6 is 0 Å². The first-order chi connectivity index (χ1) is 8.09. The van der Waals surface area contributed by atoms with Crippen LogP contribution in [0.3, 0.4) is 0 Å². The highest BCUT2D eigenvalue weighted by atomic mass is 16.1. The van der Waals surface area contributed by atoms with E-state index in [-0.39, 0.29) is 0 Å². The van der Waals surface area contributed by atoms with E-state index >= 15 is 0 Å². The van der Waals surface area contributed by atoms with Gasteiger partial charge in [0.1, 0.15) is 5.78 Å². The molecule has 0 saturated carbocycles. The first kappa shape index (κ1) is 14.7. The van der Waals surface area contributed by atoms with Crippen LogP contribution in [0.25, 0.3) is 0 Å². The van der Waals surface area contributed by atoms with E-state index in [4.69, 9.17) is 0 Å². The van der Waals surface area contributed by atoms with Crippen molar-refractivity contribution in [1.82, 2.24) is 9.80 Å². The number of ketones is 1. The van der Waals surface area contributed by atoms with E-state index in [0.29, 0.717) is 11.8 Å². The Morgan fingerprint density at radius 2 is 2.06 bits per heavy atom. The summed E-state index contributed by atoms with van der Waals surface area (Å²) in [6.45, 7) is 5.20. The molecule has 0 spiro atoms. The largest absolute Gasteiger partial charge is 0.309 e. The SMILES string of the molecule is CC(=O)CC1CCCCCN1CCCN(C)C. The first-order valence-electron chi connectivity index (χ1n) is 6.98. The minimum absolute atomic E-state index is 0.342. The van der Waals surface area contributed by atoms with Gasteiger partial charge in [0.2, 0.25) is 0 Å². The van der Waals surface area contributed by atoms with Crippen molar-refractivity contribution in [3.63, 3.8) is 0 Å². The van der Waals surface area contributed by atoms with Gasteiger partial charge in [-0.3, -0.25) is 9.69 Å². The molecular formula is C14H28N2O. The summed E-state index contributed by atoms with van der Waals surface area (Å²) in [4.78, 5) is 16.1. The van der Waals surface area contributed by atoms with Crippen LogP contribution in [0.15, 0.2) is 0 Å². The molecule has 1 fully saturated rings. The Balaban J connectivity index is 2.41. The fourth-order valence-electron chi connectivity index (χ4n) is 2.68. The molecule has 0 radical (unpaired) electrons. The molecule has 0 aromatic rings. The highest BCUT2D eigenvalue weighted by Crippen LogP contribution is 2.19. The van der Waals surface area contributed by atoms with Crippen molar-refractivity contribution in [2.45, 2.75) is 51.5 Å². The number of hydrogen-bond acceptors (Lipinski definition) is 3. The smallest absolute Gasteiger partial charge is 0.131 e. The van der Waals surface area contributed by atoms with E-state index in [1.54, 1.807) is 6.92 Å². The number of carbonyl (C=O) groups excluding carboxylic acids is 1. The highest BCUT2D eigenvalue weighted by molar-refractivity contribution is 5.76. The molecule has 0 aromatic heterocycles. The molecule has 0 aromatic carbocycles. The van der Waals surface area contributed by atoms with Gasteiger partial charge in [0.05, 0.1) is 0 Å². The fraction of sp³-hybridized carbons (Fsp3) is 0.929. The van der Waals surface area contributed by atoms with E-state index in [0.717, 1.165) is 19.5 Å². The molecule has 1 aliphatic heterocycles. The summed E-state index contributed by atoms with van der Waals surface area (Å²) >= 11 is 0. The third-order valence-corrected chi connectivity index (χ3v) is 3.57. The van der Waals surface area contributed by atoms with E-state index in [9.17, 15) is 4.79 Å². The Labute approximate surface area is 106 Å². The van der Waals surface area contributed by atoms with Gasteiger partial charge in [0.25, 0.3) is 0 Å². The number of Topliss-reactive ketones (excluding diaryl/α,β-unsaturated/α-hetero) is 1. The van der Waals surface area contributed by atoms with Crippen LogP contribution in [0.2, 0.25) is 0 Å². The van der Waals surface area contributed by atoms with E-state index in [1.165, 1.54) is 38.6 Å². The minimum Gasteiger partial charge on any atom is -0.309 e. The van der Waals surface area contributed by atoms with Crippen molar-refractivity contribution in [2.24, 2.45) is 0 Å². The van der Waals surface area contributed by atoms with E-state index < -0.39 is 0 Å². The molecule has 17 heavy (non-hydrogen) atoms. The number of likely N-dealkylation sites (tertiary alicyclic amines) is 1. The van der Waals surface area contributed by atoms with Gasteiger partial charge in [-0.1, -0.05) is 12.8 Å². The molecule has 1 unspecified atom stereocenters. The zero-order valence-electron chi connectivity index (χ0n) is 11.7. The normalized spacial score (nSPS) is 22.7. The van der Waals surface area contributed by atoms with Crippen LogP contribution in [-0.2, 0) is 4.79 Å². The van der Waals surface area contributed by atoms with Crippen molar-refractivity contribution in [1.29, 1.82) is 0 Å². The second kappa shape index (κ2) is 7.83. The van der Waals surface area contributed by atoms with Crippen LogP contribution in [-0.4, -0.2) is 55.4 Å². The Hall–Kier alpha value is -0.410. The van der Waals surface area contributed by atoms with Crippen LogP contribution in [0, 0.1) is 0 Å². The molecular weight excluding hydrogens is 212 g/mol. The maximum absolute atomic E-state index is 11.3. The highest BCUT2D eigenvalue weighted by Gasteiger charge is 2.21. The molecule has 0 N–H and O–H groups in total. The van der Waals surface area contributed by atoms with Gasteiger partial charge in [-0.2, -0.15) is 0 Å². The van der Waals surface area contributed by atoms with E-state index in [2.05, 4.69) is 23.9 Å². The molecule has 0 aliphatic carbocycles. The number of hydrogen-bond donors (Lipinski definition) is 0. The average Bonchev–Trinajstić information content (AvgIpc) is 2.43. The summed E-state index contributed by atoms with van der Waals surface area (Å²) in [5, 5.41) is 0. The molecule has 3 nitrogen and oxygen atoms in total. The molecule has 1 rings (SSSR count). The lowest BCUT2D eigenvalue weighted by molar-refractivity contribution is -0.118. The average molecular weight is 240 g/mol. The third kappa shape index (κ3) is 6.18. The van der Waals surface area contributed by atoms with Crippen LogP contribution < -0.4 is 0 Å². The van der Waals surface area contributed by atoms with Crippen molar-refractivity contribution in [3.8, 4) is 0 Å². The van der Waals surface area contributed by atoms with Crippen LogP contribution in [0.4, 0.5) is 0 Å². The molecule has 1 atom stereocenters. The zero-order chi connectivity index (χ0) is 12.7. The fourth-order valence-corrected chi connectivity index (χ4v) is 2.68. The molecule has 0 bridgehead atoms. The number of rotatable bonds is 6. The van der Waals surface area contributed by atoms with E-state index in [1.807, 2.05) is 0 Å². The topological polar surface area (TPSA) is 23.6 Å². The van der Waals surface area contributed by atoms with Gasteiger partial charge in [0, 0.05) is 12.5 Å². The second-order valence-corrected chi connectivity index (χ2v) is 5.60. The molecule has 1 heterocycles. The summed E-state index contributed by atoms with van der Waals surface area (Å²) in [6.07, 6.45) is 7.10. The van der Waals surface area contributed by atoms with Gasteiger partial charge in [0.15, 0.2) is 0 Å². The minimum atomic E-state index is 0.342. The summed E-state index contributed by atoms with van der Waals surface area (Å²) in [5.74, 6) is 0.342. The molecule has 100 valence electrons. The molecule has 1 saturated heterocycles. The molecule has 1 aliphatic rings. The molecule has 3 heteroatoms. The van der Waals surface area contributed by atoms with Gasteiger partial charge < -0.3 is 4.90 Å². The van der Waals surface area contributed by atoms with Gasteiger partial charge in [-0.25, -0.2) is 0 Å². The lowest BCUT2D eigenvalue weighted by atomic mass is 10.0. The third-order valence-electron chi connectivity index (χ3n) is 3.57. The molecule has 0 amide bonds. The number of nitrogens with zero attached hydrogens (tertiary/aromatic N) is 2. The Morgan fingerprint density at radius 1 is 1.29 bits per heavy atom. The first-order valence-corrected chi connectivity index (χ1v) is 6.98. The summed E-state index contributed by atoms with van der Waals surface area (Å²) < 4.78 is 0. The van der Waals surface area contributed by atoms with Crippen molar-refractivity contribution < 1.29 is 4.79 Å². The van der Waals surface area contributed by atoms with Crippen molar-refractivity contribution in [2.75, 3.05) is 33.7 Å². The lowest BCUT2D eigenvalue weighted by Gasteiger charge is -2.29. The quantitative estimate of drug-likeness (QED) is 0.711. The van der Waals surface area contributed by atoms with Gasteiger partial charge in [-0.15, -0.1) is 0 Å². The van der Waals surface area contributed by atoms with Crippen molar-refractivity contribution >= 4 is 5.78 Å². The Kier molecular flexibility index (Phi) is 6.75. The second-order valence-electron chi connectivity index (χ2n) is 5.60. The summed E-state index contributed by atoms with van der Waals surface area (Å²) in [6, 6.07) is 0.511. The number of carbonyl (C=O) groups is 1. The Bertz CT molecular complexity index is 228. The Morgan fingerprint density at radius 3 is 2.71 bits per heavy atom. The van der Waals surface area contributed by atoms with Crippen molar-refractivity contribution in [3.05, 3.63) is 0 Å². The van der Waals surface area contributed by atoms with Gasteiger partial charge >= 0.3 is 0 Å². The maximum atomic E-state index is 11.3. The predicted octanol–water partition coefficient (Wildman–Crippen LogP) is 2.16. The standard InChI is InChI=1S/C14H28N2O/c1-13(17)12-14-8-5-4-6-10-16(14)11-7-9-15(2)3/h14H,4-12H2,1-3H3. The maximum Gasteiger partial charge on any atom is 0.131 e. The monoisotopic (exact) mass is 240 g/mol. The summed E-state index contributed by atoms with van der Waals surface area (Å²) in [7, 11) is 4.24. The van der Waals surface area contributed by atoms with Crippen LogP contribution in [0.1, 0.15) is 45.4 Å². The lowest BCUT2D eigenvalue weighted by Crippen LogP contribution is -2.37. The van der Waals surface area contributed by atoms with Crippen LogP contribution in [0.5, 0.6) is 0 Å².